The highest BCUT2D eigenvalue weighted by molar-refractivity contribution is 7.47. The molecule has 0 fully saturated rings. The lowest BCUT2D eigenvalue weighted by Gasteiger charge is -2.20. The fraction of sp³-hybridized carbons (Fsp3) is 0.906. The van der Waals surface area contributed by atoms with Crippen LogP contribution in [0.3, 0.4) is 0 Å². The van der Waals surface area contributed by atoms with Crippen LogP contribution in [0, 0.1) is 0 Å². The van der Waals surface area contributed by atoms with E-state index < -0.39 is 32.5 Å². The second-order valence-corrected chi connectivity index (χ2v) is 19.8. The van der Waals surface area contributed by atoms with Gasteiger partial charge in [-0.2, -0.15) is 0 Å². The molecule has 0 saturated carbocycles. The van der Waals surface area contributed by atoms with Gasteiger partial charge in [0.15, 0.2) is 6.10 Å². The largest absolute Gasteiger partial charge is 0.472 e. The number of ether oxygens (including phenoxy) is 2. The van der Waals surface area contributed by atoms with Gasteiger partial charge >= 0.3 is 19.8 Å². The molecule has 0 aromatic carbocycles. The van der Waals surface area contributed by atoms with Crippen LogP contribution in [0.2, 0.25) is 0 Å². The van der Waals surface area contributed by atoms with Crippen molar-refractivity contribution in [2.45, 2.75) is 284 Å². The zero-order valence-electron chi connectivity index (χ0n) is 42.0. The third kappa shape index (κ3) is 48.2. The van der Waals surface area contributed by atoms with Gasteiger partial charge in [-0.15, -0.1) is 0 Å². The Hall–Kier alpha value is -1.74. The summed E-state index contributed by atoms with van der Waals surface area (Å²) in [7, 11) is -4.53. The van der Waals surface area contributed by atoms with Crippen LogP contribution in [-0.2, 0) is 37.5 Å². The summed E-state index contributed by atoms with van der Waals surface area (Å²) in [5.74, 6) is -0.978. The summed E-state index contributed by atoms with van der Waals surface area (Å²) < 4.78 is 34.0. The van der Waals surface area contributed by atoms with Crippen LogP contribution < -0.4 is 5.32 Å². The molecule has 0 saturated heterocycles. The molecule has 1 unspecified atom stereocenters. The molecule has 0 aromatic rings. The highest BCUT2D eigenvalue weighted by Gasteiger charge is 2.26. The number of hydrogen-bond donors (Lipinski definition) is 2. The van der Waals surface area contributed by atoms with Gasteiger partial charge in [-0.1, -0.05) is 226 Å². The third-order valence-electron chi connectivity index (χ3n) is 12.0. The summed E-state index contributed by atoms with van der Waals surface area (Å²) in [4.78, 5) is 48.0. The van der Waals surface area contributed by atoms with Gasteiger partial charge in [-0.05, 0) is 44.9 Å². The molecule has 10 nitrogen and oxygen atoms in total. The smallest absolute Gasteiger partial charge is 0.462 e. The minimum absolute atomic E-state index is 0.0658. The number of unbranched alkanes of at least 4 members (excludes halogenated alkanes) is 33. The van der Waals surface area contributed by atoms with E-state index in [-0.39, 0.29) is 38.5 Å². The highest BCUT2D eigenvalue weighted by Crippen LogP contribution is 2.43. The molecule has 378 valence electrons. The Kier molecular flexibility index (Phi) is 47.8. The van der Waals surface area contributed by atoms with Crippen molar-refractivity contribution < 1.29 is 42.4 Å². The monoisotopic (exact) mass is 928 g/mol. The average molecular weight is 928 g/mol. The van der Waals surface area contributed by atoms with Gasteiger partial charge in [0, 0.05) is 25.8 Å². The van der Waals surface area contributed by atoms with Crippen LogP contribution in [0.5, 0.6) is 0 Å². The van der Waals surface area contributed by atoms with Gasteiger partial charge in [0.1, 0.15) is 6.61 Å². The van der Waals surface area contributed by atoms with Crippen LogP contribution in [-0.4, -0.2) is 55.2 Å². The first-order valence-corrected chi connectivity index (χ1v) is 28.6. The minimum atomic E-state index is -4.53. The number of hydrogen-bond acceptors (Lipinski definition) is 8. The molecule has 0 rings (SSSR count). The Morgan fingerprint density at radius 2 is 0.828 bits per heavy atom. The Labute approximate surface area is 394 Å². The fourth-order valence-electron chi connectivity index (χ4n) is 7.85. The van der Waals surface area contributed by atoms with Crippen molar-refractivity contribution in [3.05, 3.63) is 12.2 Å². The normalized spacial score (nSPS) is 13.0. The van der Waals surface area contributed by atoms with Gasteiger partial charge in [0.25, 0.3) is 0 Å². The summed E-state index contributed by atoms with van der Waals surface area (Å²) >= 11 is 0. The Balaban J connectivity index is 4.52. The van der Waals surface area contributed by atoms with E-state index in [0.717, 1.165) is 70.6 Å². The molecule has 2 N–H and O–H groups in total. The van der Waals surface area contributed by atoms with Gasteiger partial charge in [-0.25, -0.2) is 4.57 Å². The SMILES string of the molecule is CCCCCCCC/C=C\CCCCCCCC(=O)OC[C@H](COP(=O)(O)OCCNC(=O)CCCCCCCCCCCCC)OC(=O)CCCCCCCCCCCCCCC. The first kappa shape index (κ1) is 62.3. The number of rotatable bonds is 51. The lowest BCUT2D eigenvalue weighted by Crippen LogP contribution is -2.30. The molecule has 0 spiro atoms. The van der Waals surface area contributed by atoms with Crippen molar-refractivity contribution in [2.75, 3.05) is 26.4 Å². The molecule has 0 bridgehead atoms. The third-order valence-corrected chi connectivity index (χ3v) is 12.9. The predicted octanol–water partition coefficient (Wildman–Crippen LogP) is 15.9. The maximum Gasteiger partial charge on any atom is 0.472 e. The van der Waals surface area contributed by atoms with E-state index in [1.807, 2.05) is 0 Å². The number of amides is 1. The minimum Gasteiger partial charge on any atom is -0.462 e. The first-order valence-electron chi connectivity index (χ1n) is 27.1. The van der Waals surface area contributed by atoms with Crippen molar-refractivity contribution in [3.8, 4) is 0 Å². The molecule has 0 aromatic heterocycles. The number of allylic oxidation sites excluding steroid dienone is 2. The highest BCUT2D eigenvalue weighted by atomic mass is 31.2. The molecule has 0 aliphatic heterocycles. The molecule has 11 heteroatoms. The van der Waals surface area contributed by atoms with E-state index in [1.54, 1.807) is 0 Å². The maximum absolute atomic E-state index is 12.8. The van der Waals surface area contributed by atoms with Crippen LogP contribution >= 0.6 is 7.82 Å². The summed E-state index contributed by atoms with van der Waals surface area (Å²) in [6.45, 7) is 5.84. The van der Waals surface area contributed by atoms with E-state index in [4.69, 9.17) is 18.5 Å². The fourth-order valence-corrected chi connectivity index (χ4v) is 8.60. The first-order chi connectivity index (χ1) is 31.2. The van der Waals surface area contributed by atoms with E-state index in [0.29, 0.717) is 19.3 Å². The maximum atomic E-state index is 12.8. The Bertz CT molecular complexity index is 1120. The zero-order valence-corrected chi connectivity index (χ0v) is 42.9. The second-order valence-electron chi connectivity index (χ2n) is 18.4. The summed E-state index contributed by atoms with van der Waals surface area (Å²) in [6, 6.07) is 0. The average Bonchev–Trinajstić information content (AvgIpc) is 3.28. The predicted molar refractivity (Wildman–Crippen MR) is 266 cm³/mol. The summed E-state index contributed by atoms with van der Waals surface area (Å²) in [6.07, 6.45) is 48.6. The van der Waals surface area contributed by atoms with Crippen molar-refractivity contribution in [3.63, 3.8) is 0 Å². The van der Waals surface area contributed by atoms with Crippen LogP contribution in [0.1, 0.15) is 278 Å². The van der Waals surface area contributed by atoms with Crippen LogP contribution in [0.15, 0.2) is 12.2 Å². The molecule has 0 heterocycles. The van der Waals surface area contributed by atoms with Gasteiger partial charge < -0.3 is 19.7 Å². The number of carbonyl (C=O) groups excluding carboxylic acids is 3. The molecule has 1 amide bonds. The van der Waals surface area contributed by atoms with Crippen LogP contribution in [0.25, 0.3) is 0 Å². The molecule has 64 heavy (non-hydrogen) atoms. The molecule has 0 aliphatic carbocycles. The van der Waals surface area contributed by atoms with E-state index in [9.17, 15) is 23.8 Å². The number of phosphoric acid groups is 1. The lowest BCUT2D eigenvalue weighted by atomic mass is 10.0. The van der Waals surface area contributed by atoms with Crippen LogP contribution in [0.4, 0.5) is 0 Å². The van der Waals surface area contributed by atoms with Gasteiger partial charge in [0.05, 0.1) is 13.2 Å². The Morgan fingerprint density at radius 1 is 0.469 bits per heavy atom. The number of esters is 2. The lowest BCUT2D eigenvalue weighted by molar-refractivity contribution is -0.161. The second kappa shape index (κ2) is 49.2. The molecule has 0 radical (unpaired) electrons. The molecule has 2 atom stereocenters. The topological polar surface area (TPSA) is 137 Å². The van der Waals surface area contributed by atoms with E-state index in [1.165, 1.54) is 154 Å². The number of phosphoric ester groups is 1. The van der Waals surface area contributed by atoms with Crippen molar-refractivity contribution in [1.82, 2.24) is 5.32 Å². The summed E-state index contributed by atoms with van der Waals surface area (Å²) in [5, 5.41) is 2.73. The van der Waals surface area contributed by atoms with Gasteiger partial charge in [0.2, 0.25) is 5.91 Å². The molecule has 0 aliphatic rings. The van der Waals surface area contributed by atoms with Gasteiger partial charge in [-0.3, -0.25) is 23.4 Å². The van der Waals surface area contributed by atoms with Crippen molar-refractivity contribution in [1.29, 1.82) is 0 Å². The molecular weight excluding hydrogens is 826 g/mol. The zero-order chi connectivity index (χ0) is 46.9. The number of carbonyl (C=O) groups is 3. The van der Waals surface area contributed by atoms with E-state index >= 15 is 0 Å². The molecular formula is C53H102NO9P. The Morgan fingerprint density at radius 3 is 1.25 bits per heavy atom. The number of nitrogens with one attached hydrogen (secondary N) is 1. The summed E-state index contributed by atoms with van der Waals surface area (Å²) in [5.41, 5.74) is 0. The van der Waals surface area contributed by atoms with E-state index in [2.05, 4.69) is 38.2 Å². The van der Waals surface area contributed by atoms with Crippen molar-refractivity contribution in [2.24, 2.45) is 0 Å². The van der Waals surface area contributed by atoms with Crippen molar-refractivity contribution >= 4 is 25.7 Å². The standard InChI is InChI=1S/C53H102NO9P/c1-4-7-10-13-16-19-22-24-25-27-29-32-35-38-41-44-52(56)60-48-50(63-53(57)45-42-39-36-33-30-26-23-20-17-14-11-8-5-2)49-62-64(58,59)61-47-46-54-51(55)43-40-37-34-31-28-21-18-15-12-9-6-3/h24-25,50H,4-23,26-49H2,1-3H3,(H,54,55)(H,58,59)/b25-24-/t50-/m1/s1. The quantitative estimate of drug-likeness (QED) is 0.0264.